The van der Waals surface area contributed by atoms with Crippen molar-refractivity contribution in [2.75, 3.05) is 13.2 Å². The van der Waals surface area contributed by atoms with Gasteiger partial charge in [-0.2, -0.15) is 0 Å². The van der Waals surface area contributed by atoms with Gasteiger partial charge in [-0.05, 0) is 19.3 Å². The van der Waals surface area contributed by atoms with Gasteiger partial charge in [0.15, 0.2) is 0 Å². The molecule has 0 saturated heterocycles. The van der Waals surface area contributed by atoms with Crippen LogP contribution in [0.15, 0.2) is 0 Å². The summed E-state index contributed by atoms with van der Waals surface area (Å²) < 4.78 is 0. The van der Waals surface area contributed by atoms with E-state index in [0.29, 0.717) is 6.54 Å². The molecule has 0 aliphatic rings. The van der Waals surface area contributed by atoms with Crippen LogP contribution in [0.2, 0.25) is 0 Å². The quantitative estimate of drug-likeness (QED) is 0.671. The van der Waals surface area contributed by atoms with Crippen molar-refractivity contribution >= 4 is 5.91 Å². The van der Waals surface area contributed by atoms with Crippen molar-refractivity contribution in [1.29, 1.82) is 0 Å². The van der Waals surface area contributed by atoms with Crippen molar-refractivity contribution in [2.24, 2.45) is 11.3 Å². The first-order chi connectivity index (χ1) is 7.55. The Hall–Kier alpha value is -0.570. The molecule has 0 aromatic heterocycles. The first-order valence-electron chi connectivity index (χ1n) is 6.43. The van der Waals surface area contributed by atoms with Gasteiger partial charge in [0.25, 0.3) is 0 Å². The Morgan fingerprint density at radius 3 is 2.25 bits per heavy atom. The monoisotopic (exact) mass is 229 g/mol. The number of aliphatic hydroxyl groups excluding tert-OH is 1. The third-order valence-corrected chi connectivity index (χ3v) is 3.64. The summed E-state index contributed by atoms with van der Waals surface area (Å²) in [5.74, 6) is 0.191. The molecule has 1 amide bonds. The Kier molecular flexibility index (Phi) is 7.39. The molecule has 1 atom stereocenters. The molecule has 0 heterocycles. The normalized spacial score (nSPS) is 13.6. The van der Waals surface area contributed by atoms with Crippen LogP contribution in [-0.4, -0.2) is 24.2 Å². The summed E-state index contributed by atoms with van der Waals surface area (Å²) in [5.41, 5.74) is -0.137. The summed E-state index contributed by atoms with van der Waals surface area (Å²) in [5, 5.41) is 12.3. The molecule has 0 aliphatic heterocycles. The van der Waals surface area contributed by atoms with Gasteiger partial charge in [0.2, 0.25) is 5.91 Å². The number of amides is 1. The van der Waals surface area contributed by atoms with Gasteiger partial charge in [-0.3, -0.25) is 4.79 Å². The van der Waals surface area contributed by atoms with Crippen LogP contribution >= 0.6 is 0 Å². The maximum absolute atomic E-state index is 11.7. The number of hydrogen-bond acceptors (Lipinski definition) is 2. The molecule has 2 N–H and O–H groups in total. The number of hydrogen-bond donors (Lipinski definition) is 2. The van der Waals surface area contributed by atoms with E-state index in [4.69, 9.17) is 0 Å². The number of carbonyl (C=O) groups excluding carboxylic acids is 1. The topological polar surface area (TPSA) is 49.3 Å². The van der Waals surface area contributed by atoms with Crippen LogP contribution in [0, 0.1) is 11.3 Å². The fraction of sp³-hybridized carbons (Fsp3) is 0.923. The zero-order valence-electron chi connectivity index (χ0n) is 11.2. The Morgan fingerprint density at radius 1 is 1.31 bits per heavy atom. The molecule has 3 heteroatoms. The molecule has 0 bridgehead atoms. The second-order valence-electron chi connectivity index (χ2n) is 4.77. The van der Waals surface area contributed by atoms with Crippen LogP contribution in [0.4, 0.5) is 0 Å². The lowest BCUT2D eigenvalue weighted by Gasteiger charge is -2.30. The minimum absolute atomic E-state index is 0.0788. The molecule has 0 rings (SSSR count). The Labute approximate surface area is 99.6 Å². The number of carbonyl (C=O) groups is 1. The molecule has 0 aromatic carbocycles. The SMILES string of the molecule is CCCC(C)C(=O)NCC(CC)(CC)CO. The lowest BCUT2D eigenvalue weighted by atomic mass is 9.83. The van der Waals surface area contributed by atoms with Crippen molar-refractivity contribution in [3.05, 3.63) is 0 Å². The van der Waals surface area contributed by atoms with Crippen LogP contribution in [0.5, 0.6) is 0 Å². The first-order valence-corrected chi connectivity index (χ1v) is 6.43. The number of nitrogens with one attached hydrogen (secondary N) is 1. The molecule has 0 spiro atoms. The lowest BCUT2D eigenvalue weighted by molar-refractivity contribution is -0.125. The second kappa shape index (κ2) is 7.66. The van der Waals surface area contributed by atoms with E-state index in [9.17, 15) is 9.90 Å². The molecule has 3 nitrogen and oxygen atoms in total. The average molecular weight is 229 g/mol. The molecule has 0 fully saturated rings. The van der Waals surface area contributed by atoms with Crippen molar-refractivity contribution in [3.63, 3.8) is 0 Å². The smallest absolute Gasteiger partial charge is 0.222 e. The average Bonchev–Trinajstić information content (AvgIpc) is 2.31. The fourth-order valence-corrected chi connectivity index (χ4v) is 1.79. The standard InChI is InChI=1S/C13H27NO2/c1-5-8-11(4)12(16)14-9-13(6-2,7-3)10-15/h11,15H,5-10H2,1-4H3,(H,14,16). The van der Waals surface area contributed by atoms with Gasteiger partial charge in [-0.1, -0.05) is 34.1 Å². The maximum Gasteiger partial charge on any atom is 0.222 e. The highest BCUT2D eigenvalue weighted by molar-refractivity contribution is 5.78. The summed E-state index contributed by atoms with van der Waals surface area (Å²) in [6, 6.07) is 0. The molecule has 0 saturated carbocycles. The largest absolute Gasteiger partial charge is 0.396 e. The van der Waals surface area contributed by atoms with Crippen LogP contribution in [0.25, 0.3) is 0 Å². The summed E-state index contributed by atoms with van der Waals surface area (Å²) in [4.78, 5) is 11.7. The van der Waals surface area contributed by atoms with E-state index in [0.717, 1.165) is 25.7 Å². The van der Waals surface area contributed by atoms with E-state index >= 15 is 0 Å². The van der Waals surface area contributed by atoms with Gasteiger partial charge >= 0.3 is 0 Å². The summed E-state index contributed by atoms with van der Waals surface area (Å²) in [6.07, 6.45) is 3.74. The predicted octanol–water partition coefficient (Wildman–Crippen LogP) is 2.34. The molecule has 0 aliphatic carbocycles. The van der Waals surface area contributed by atoms with Gasteiger partial charge < -0.3 is 10.4 Å². The highest BCUT2D eigenvalue weighted by atomic mass is 16.3. The van der Waals surface area contributed by atoms with Crippen LogP contribution < -0.4 is 5.32 Å². The second-order valence-corrected chi connectivity index (χ2v) is 4.77. The fourth-order valence-electron chi connectivity index (χ4n) is 1.79. The van der Waals surface area contributed by atoms with E-state index < -0.39 is 0 Å². The van der Waals surface area contributed by atoms with Crippen LogP contribution in [-0.2, 0) is 4.79 Å². The van der Waals surface area contributed by atoms with Gasteiger partial charge in [0, 0.05) is 17.9 Å². The Morgan fingerprint density at radius 2 is 1.88 bits per heavy atom. The van der Waals surface area contributed by atoms with Crippen molar-refractivity contribution < 1.29 is 9.90 Å². The Balaban J connectivity index is 4.15. The van der Waals surface area contributed by atoms with Gasteiger partial charge in [0.1, 0.15) is 0 Å². The van der Waals surface area contributed by atoms with Gasteiger partial charge in [-0.25, -0.2) is 0 Å². The highest BCUT2D eigenvalue weighted by Gasteiger charge is 2.26. The molecule has 96 valence electrons. The minimum Gasteiger partial charge on any atom is -0.396 e. The first kappa shape index (κ1) is 15.4. The zero-order valence-corrected chi connectivity index (χ0v) is 11.2. The molecule has 16 heavy (non-hydrogen) atoms. The van der Waals surface area contributed by atoms with E-state index in [1.54, 1.807) is 0 Å². The molecule has 0 radical (unpaired) electrons. The molecule has 1 unspecified atom stereocenters. The third kappa shape index (κ3) is 4.52. The van der Waals surface area contributed by atoms with Crippen molar-refractivity contribution in [1.82, 2.24) is 5.32 Å². The van der Waals surface area contributed by atoms with E-state index in [1.165, 1.54) is 0 Å². The maximum atomic E-state index is 11.7. The summed E-state index contributed by atoms with van der Waals surface area (Å²) >= 11 is 0. The lowest BCUT2D eigenvalue weighted by Crippen LogP contribution is -2.41. The van der Waals surface area contributed by atoms with Crippen LogP contribution in [0.3, 0.4) is 0 Å². The highest BCUT2D eigenvalue weighted by Crippen LogP contribution is 2.24. The molecular weight excluding hydrogens is 202 g/mol. The van der Waals surface area contributed by atoms with E-state index in [1.807, 2.05) is 6.92 Å². The van der Waals surface area contributed by atoms with Gasteiger partial charge in [0.05, 0.1) is 6.61 Å². The Bertz CT molecular complexity index is 192. The van der Waals surface area contributed by atoms with Crippen molar-refractivity contribution in [3.8, 4) is 0 Å². The molecule has 0 aromatic rings. The third-order valence-electron chi connectivity index (χ3n) is 3.64. The summed E-state index contributed by atoms with van der Waals surface area (Å²) in [6.45, 7) is 8.88. The number of aliphatic hydroxyl groups is 1. The van der Waals surface area contributed by atoms with Crippen LogP contribution in [0.1, 0.15) is 53.4 Å². The predicted molar refractivity (Wildman–Crippen MR) is 67.2 cm³/mol. The van der Waals surface area contributed by atoms with Crippen molar-refractivity contribution in [2.45, 2.75) is 53.4 Å². The minimum atomic E-state index is -0.137. The number of rotatable bonds is 8. The zero-order chi connectivity index (χ0) is 12.6. The van der Waals surface area contributed by atoms with E-state index in [-0.39, 0.29) is 23.8 Å². The van der Waals surface area contributed by atoms with E-state index in [2.05, 4.69) is 26.1 Å². The molecular formula is C13H27NO2. The summed E-state index contributed by atoms with van der Waals surface area (Å²) in [7, 11) is 0. The van der Waals surface area contributed by atoms with Gasteiger partial charge in [-0.15, -0.1) is 0 Å².